The van der Waals surface area contributed by atoms with Crippen molar-refractivity contribution < 1.29 is 9.53 Å². The third-order valence-corrected chi connectivity index (χ3v) is 5.72. The molecule has 0 saturated carbocycles. The first kappa shape index (κ1) is 20.2. The number of para-hydroxylation sites is 1. The molecule has 3 aliphatic heterocycles. The minimum atomic E-state index is -0.307. The van der Waals surface area contributed by atoms with E-state index in [4.69, 9.17) is 4.74 Å². The molecule has 0 radical (unpaired) electrons. The molecule has 1 amide bonds. The van der Waals surface area contributed by atoms with Crippen molar-refractivity contribution in [1.82, 2.24) is 14.3 Å². The van der Waals surface area contributed by atoms with E-state index in [-0.39, 0.29) is 17.6 Å². The quantitative estimate of drug-likeness (QED) is 0.523. The molecule has 1 N–H and O–H groups in total. The van der Waals surface area contributed by atoms with E-state index in [2.05, 4.69) is 10.4 Å². The Balaban J connectivity index is 1.59. The van der Waals surface area contributed by atoms with Crippen molar-refractivity contribution in [3.8, 4) is 16.9 Å². The fraction of sp³-hybridized carbons (Fsp3) is 0.240. The molecule has 3 heterocycles. The molecule has 2 aromatic carbocycles. The van der Waals surface area contributed by atoms with Gasteiger partial charge in [-0.25, -0.2) is 0 Å². The fourth-order valence-corrected chi connectivity index (χ4v) is 4.03. The van der Waals surface area contributed by atoms with Gasteiger partial charge in [-0.1, -0.05) is 35.9 Å². The second-order valence-corrected chi connectivity index (χ2v) is 8.14. The zero-order valence-electron chi connectivity index (χ0n) is 17.8. The third kappa shape index (κ3) is 3.94. The van der Waals surface area contributed by atoms with Crippen LogP contribution in [0.5, 0.6) is 0 Å². The maximum Gasteiger partial charge on any atom is 0.282 e. The lowest BCUT2D eigenvalue weighted by Gasteiger charge is -2.16. The molecule has 0 unspecified atom stereocenters. The Bertz CT molecular complexity index is 1270. The summed E-state index contributed by atoms with van der Waals surface area (Å²) in [5.41, 5.74) is 3.34. The number of nitrogens with one attached hydrogen (secondary N) is 1. The van der Waals surface area contributed by atoms with Crippen molar-refractivity contribution in [3.05, 3.63) is 88.5 Å². The summed E-state index contributed by atoms with van der Waals surface area (Å²) < 4.78 is 8.99. The van der Waals surface area contributed by atoms with Gasteiger partial charge >= 0.3 is 0 Å². The van der Waals surface area contributed by atoms with Gasteiger partial charge in [0.05, 0.1) is 22.9 Å². The van der Waals surface area contributed by atoms with Gasteiger partial charge in [0.25, 0.3) is 11.5 Å². The molecule has 0 spiro atoms. The minimum Gasteiger partial charge on any atom is -0.376 e. The molecule has 0 bridgehead atoms. The van der Waals surface area contributed by atoms with Crippen molar-refractivity contribution in [3.63, 3.8) is 0 Å². The molecule has 0 aliphatic carbocycles. The molecular weight excluding hydrogens is 404 g/mol. The highest BCUT2D eigenvalue weighted by Crippen LogP contribution is 2.25. The lowest BCUT2D eigenvalue weighted by atomic mass is 10.1. The van der Waals surface area contributed by atoms with E-state index in [0.717, 1.165) is 25.0 Å². The van der Waals surface area contributed by atoms with Crippen LogP contribution in [0.25, 0.3) is 16.9 Å². The zero-order valence-corrected chi connectivity index (χ0v) is 17.8. The van der Waals surface area contributed by atoms with E-state index < -0.39 is 0 Å². The summed E-state index contributed by atoms with van der Waals surface area (Å²) in [6.07, 6.45) is 5.59. The van der Waals surface area contributed by atoms with Crippen LogP contribution < -0.4 is 10.9 Å². The van der Waals surface area contributed by atoms with Crippen LogP contribution in [0.2, 0.25) is 0 Å². The molecule has 3 aliphatic rings. The molecule has 162 valence electrons. The predicted octanol–water partition coefficient (Wildman–Crippen LogP) is 3.88. The van der Waals surface area contributed by atoms with Gasteiger partial charge in [-0.15, -0.1) is 0 Å². The highest BCUT2D eigenvalue weighted by Gasteiger charge is 2.26. The Labute approximate surface area is 185 Å². The van der Waals surface area contributed by atoms with Crippen LogP contribution in [0, 0.1) is 6.92 Å². The number of carbonyl (C=O) groups excluding carboxylic acids is 1. The highest BCUT2D eigenvalue weighted by molar-refractivity contribution is 6.08. The number of rotatable bonds is 5. The van der Waals surface area contributed by atoms with Gasteiger partial charge in [-0.2, -0.15) is 9.78 Å². The number of amides is 1. The zero-order chi connectivity index (χ0) is 22.1. The Morgan fingerprint density at radius 2 is 1.91 bits per heavy atom. The van der Waals surface area contributed by atoms with Crippen LogP contribution in [-0.4, -0.2) is 33.0 Å². The average molecular weight is 428 g/mol. The number of nitrogens with zero attached hydrogens (tertiary/aromatic N) is 3. The fourth-order valence-electron chi connectivity index (χ4n) is 4.03. The molecule has 1 saturated heterocycles. The van der Waals surface area contributed by atoms with Gasteiger partial charge < -0.3 is 14.6 Å². The smallest absolute Gasteiger partial charge is 0.282 e. The largest absolute Gasteiger partial charge is 0.376 e. The van der Waals surface area contributed by atoms with Gasteiger partial charge in [0.15, 0.2) is 0 Å². The molecule has 32 heavy (non-hydrogen) atoms. The maximum atomic E-state index is 13.3. The van der Waals surface area contributed by atoms with Crippen molar-refractivity contribution >= 4 is 11.6 Å². The minimum absolute atomic E-state index is 0.0738. The normalized spacial score (nSPS) is 15.8. The highest BCUT2D eigenvalue weighted by atomic mass is 16.5. The summed E-state index contributed by atoms with van der Waals surface area (Å²) >= 11 is 0. The SMILES string of the molecule is Cc1ccc(NC(=O)c2cn(C[C@@H]3CCCO3)cc3c(=O)n(-c4ccccc4)nc2-3)cc1. The standard InChI is InChI=1S/C25H24N4O3/c1-17-9-11-18(12-10-17)26-24(30)21-15-28(14-20-8-5-13-32-20)16-22-23(21)27-29(25(22)31)19-6-3-2-4-7-19/h2-4,6-7,9-12,15-16,20H,5,8,13-14H2,1H3,(H,26,30)/t20-/m0/s1. The van der Waals surface area contributed by atoms with Crippen molar-refractivity contribution in [2.45, 2.75) is 32.4 Å². The van der Waals surface area contributed by atoms with Crippen molar-refractivity contribution in [2.75, 3.05) is 11.9 Å². The second kappa shape index (κ2) is 8.43. The van der Waals surface area contributed by atoms with Crippen LogP contribution in [0.1, 0.15) is 28.8 Å². The van der Waals surface area contributed by atoms with Crippen LogP contribution >= 0.6 is 0 Å². The van der Waals surface area contributed by atoms with E-state index in [9.17, 15) is 9.59 Å². The number of pyridine rings is 1. The molecule has 5 rings (SSSR count). The second-order valence-electron chi connectivity index (χ2n) is 8.14. The van der Waals surface area contributed by atoms with Gasteiger partial charge in [0, 0.05) is 31.2 Å². The van der Waals surface area contributed by atoms with Crippen molar-refractivity contribution in [1.29, 1.82) is 0 Å². The summed E-state index contributed by atoms with van der Waals surface area (Å²) in [5, 5.41) is 7.46. The summed E-state index contributed by atoms with van der Waals surface area (Å²) in [6.45, 7) is 3.32. The number of hydrogen-bond acceptors (Lipinski definition) is 4. The van der Waals surface area contributed by atoms with Crippen LogP contribution in [0.3, 0.4) is 0 Å². The van der Waals surface area contributed by atoms with Gasteiger partial charge in [-0.3, -0.25) is 9.59 Å². The van der Waals surface area contributed by atoms with Gasteiger partial charge in [0.2, 0.25) is 0 Å². The number of benzene rings is 2. The van der Waals surface area contributed by atoms with E-state index in [1.54, 1.807) is 12.4 Å². The lowest BCUT2D eigenvalue weighted by molar-refractivity contribution is 0.0961. The number of aromatic nitrogens is 3. The topological polar surface area (TPSA) is 78.2 Å². The Morgan fingerprint density at radius 1 is 1.12 bits per heavy atom. The number of carbonyl (C=O) groups is 1. The molecular formula is C25H24N4O3. The number of anilines is 1. The number of ether oxygens (including phenoxy) is 1. The predicted molar refractivity (Wildman–Crippen MR) is 123 cm³/mol. The van der Waals surface area contributed by atoms with Crippen LogP contribution in [0.4, 0.5) is 5.69 Å². The molecule has 1 fully saturated rings. The summed E-state index contributed by atoms with van der Waals surface area (Å²) in [4.78, 5) is 26.5. The maximum absolute atomic E-state index is 13.3. The summed E-state index contributed by atoms with van der Waals surface area (Å²) in [6, 6.07) is 16.8. The number of hydrogen-bond donors (Lipinski definition) is 1. The van der Waals surface area contributed by atoms with Gasteiger partial charge in [0.1, 0.15) is 5.69 Å². The van der Waals surface area contributed by atoms with Crippen LogP contribution in [-0.2, 0) is 11.3 Å². The Hall–Kier alpha value is -3.71. The molecule has 2 aromatic rings. The monoisotopic (exact) mass is 428 g/mol. The first-order valence-corrected chi connectivity index (χ1v) is 10.8. The number of fused-ring (bicyclic) bond motifs is 1. The molecule has 1 atom stereocenters. The molecule has 7 nitrogen and oxygen atoms in total. The first-order chi connectivity index (χ1) is 15.6. The third-order valence-electron chi connectivity index (χ3n) is 5.72. The van der Waals surface area contributed by atoms with E-state index >= 15 is 0 Å². The average Bonchev–Trinajstić information content (AvgIpc) is 3.43. The van der Waals surface area contributed by atoms with Crippen molar-refractivity contribution in [2.24, 2.45) is 0 Å². The molecule has 0 aromatic heterocycles. The van der Waals surface area contributed by atoms with Gasteiger partial charge in [-0.05, 0) is 44.0 Å². The Morgan fingerprint density at radius 3 is 2.62 bits per heavy atom. The lowest BCUT2D eigenvalue weighted by Crippen LogP contribution is -2.20. The van der Waals surface area contributed by atoms with E-state index in [1.165, 1.54) is 4.68 Å². The van der Waals surface area contributed by atoms with E-state index in [1.807, 2.05) is 66.1 Å². The Kier molecular flexibility index (Phi) is 5.33. The summed E-state index contributed by atoms with van der Waals surface area (Å²) in [5.74, 6) is -0.307. The van der Waals surface area contributed by atoms with Crippen LogP contribution in [0.15, 0.2) is 71.8 Å². The summed E-state index contributed by atoms with van der Waals surface area (Å²) in [7, 11) is 0. The first-order valence-electron chi connectivity index (χ1n) is 10.8. The van der Waals surface area contributed by atoms with E-state index in [0.29, 0.717) is 34.7 Å². The number of aryl methyl sites for hydroxylation is 1. The molecule has 7 heteroatoms.